The molecule has 0 bridgehead atoms. The van der Waals surface area contributed by atoms with Crippen LogP contribution in [0.1, 0.15) is 0 Å². The van der Waals surface area contributed by atoms with Crippen molar-refractivity contribution in [3.8, 4) is 11.3 Å². The van der Waals surface area contributed by atoms with Gasteiger partial charge in [0, 0.05) is 6.20 Å². The van der Waals surface area contributed by atoms with Crippen LogP contribution in [0.2, 0.25) is 0 Å². The van der Waals surface area contributed by atoms with E-state index in [9.17, 15) is 0 Å². The zero-order chi connectivity index (χ0) is 9.97. The summed E-state index contributed by atoms with van der Waals surface area (Å²) in [5.74, 6) is 0. The fraction of sp³-hybridized carbons (Fsp3) is 0.125. The first-order valence-electron chi connectivity index (χ1n) is 3.87. The van der Waals surface area contributed by atoms with Gasteiger partial charge < -0.3 is 0 Å². The molecule has 6 heteroatoms. The quantitative estimate of drug-likeness (QED) is 0.524. The number of H-pyrrole nitrogens is 1. The van der Waals surface area contributed by atoms with Gasteiger partial charge in [-0.15, -0.1) is 0 Å². The Morgan fingerprint density at radius 2 is 2.36 bits per heavy atom. The van der Waals surface area contributed by atoms with Crippen molar-refractivity contribution in [2.45, 2.75) is 5.16 Å². The van der Waals surface area contributed by atoms with Crippen molar-refractivity contribution in [2.24, 2.45) is 0 Å². The van der Waals surface area contributed by atoms with E-state index in [1.165, 1.54) is 11.8 Å². The lowest BCUT2D eigenvalue weighted by Gasteiger charge is -1.98. The molecule has 0 saturated heterocycles. The van der Waals surface area contributed by atoms with Crippen LogP contribution < -0.4 is 0 Å². The van der Waals surface area contributed by atoms with E-state index < -0.39 is 0 Å². The molecule has 72 valence electrons. The highest BCUT2D eigenvalue weighted by atomic mass is 127. The van der Waals surface area contributed by atoms with Crippen molar-refractivity contribution < 1.29 is 0 Å². The number of nitrogens with zero attached hydrogens (tertiary/aromatic N) is 3. The Labute approximate surface area is 99.1 Å². The zero-order valence-corrected chi connectivity index (χ0v) is 10.3. The molecule has 0 aliphatic heterocycles. The fourth-order valence-electron chi connectivity index (χ4n) is 1.04. The summed E-state index contributed by atoms with van der Waals surface area (Å²) in [6, 6.07) is 1.88. The van der Waals surface area contributed by atoms with Crippen molar-refractivity contribution in [3.63, 3.8) is 0 Å². The number of nitrogens with one attached hydrogen (secondary N) is 1. The highest BCUT2D eigenvalue weighted by Gasteiger charge is 2.06. The normalized spacial score (nSPS) is 10.4. The number of halogens is 1. The lowest BCUT2D eigenvalue weighted by Crippen LogP contribution is -1.88. The van der Waals surface area contributed by atoms with E-state index >= 15 is 0 Å². The molecule has 0 saturated carbocycles. The van der Waals surface area contributed by atoms with E-state index in [1.54, 1.807) is 12.4 Å². The monoisotopic (exact) mass is 318 g/mol. The standard InChI is InChI=1S/C8H7IN4S/c1-14-8-10-3-2-6(12-8)5-4-11-13-7(5)9/h2-4H,1H3,(H,11,13). The van der Waals surface area contributed by atoms with Crippen LogP contribution in [0.25, 0.3) is 11.3 Å². The summed E-state index contributed by atoms with van der Waals surface area (Å²) >= 11 is 3.73. The molecule has 2 heterocycles. The molecule has 0 aliphatic rings. The lowest BCUT2D eigenvalue weighted by atomic mass is 10.2. The van der Waals surface area contributed by atoms with Crippen LogP contribution in [0.4, 0.5) is 0 Å². The second kappa shape index (κ2) is 4.26. The summed E-state index contributed by atoms with van der Waals surface area (Å²) in [5, 5.41) is 7.61. The molecule has 2 aromatic heterocycles. The predicted octanol–water partition coefficient (Wildman–Crippen LogP) is 2.19. The predicted molar refractivity (Wildman–Crippen MR) is 64.1 cm³/mol. The van der Waals surface area contributed by atoms with Gasteiger partial charge in [-0.3, -0.25) is 5.10 Å². The van der Waals surface area contributed by atoms with E-state index in [0.717, 1.165) is 20.1 Å². The van der Waals surface area contributed by atoms with Crippen molar-refractivity contribution in [3.05, 3.63) is 22.2 Å². The number of hydrogen-bond donors (Lipinski definition) is 1. The van der Waals surface area contributed by atoms with Crippen LogP contribution in [0, 0.1) is 3.70 Å². The minimum Gasteiger partial charge on any atom is -0.272 e. The Morgan fingerprint density at radius 3 is 3.00 bits per heavy atom. The van der Waals surface area contributed by atoms with Crippen molar-refractivity contribution in [1.29, 1.82) is 0 Å². The molecule has 0 unspecified atom stereocenters. The maximum absolute atomic E-state index is 4.38. The van der Waals surface area contributed by atoms with Crippen molar-refractivity contribution in [2.75, 3.05) is 6.26 Å². The molecular formula is C8H7IN4S. The summed E-state index contributed by atoms with van der Waals surface area (Å²) in [5.41, 5.74) is 1.92. The number of thioether (sulfide) groups is 1. The van der Waals surface area contributed by atoms with Crippen LogP contribution in [0.5, 0.6) is 0 Å². The highest BCUT2D eigenvalue weighted by Crippen LogP contribution is 2.22. The van der Waals surface area contributed by atoms with Gasteiger partial charge in [-0.1, -0.05) is 11.8 Å². The number of aromatic amines is 1. The third-order valence-electron chi connectivity index (χ3n) is 1.68. The molecule has 14 heavy (non-hydrogen) atoms. The second-order valence-electron chi connectivity index (χ2n) is 2.53. The molecule has 0 spiro atoms. The van der Waals surface area contributed by atoms with Gasteiger partial charge in [0.2, 0.25) is 0 Å². The summed E-state index contributed by atoms with van der Waals surface area (Å²) in [6.07, 6.45) is 5.49. The Hall–Kier alpha value is -0.630. The average molecular weight is 318 g/mol. The minimum absolute atomic E-state index is 0.777. The maximum atomic E-state index is 4.38. The van der Waals surface area contributed by atoms with E-state index in [4.69, 9.17) is 0 Å². The molecule has 0 amide bonds. The number of aromatic nitrogens is 4. The topological polar surface area (TPSA) is 54.5 Å². The largest absolute Gasteiger partial charge is 0.272 e. The van der Waals surface area contributed by atoms with E-state index in [0.29, 0.717) is 0 Å². The first-order chi connectivity index (χ1) is 6.81. The molecule has 2 rings (SSSR count). The van der Waals surface area contributed by atoms with Gasteiger partial charge in [-0.25, -0.2) is 9.97 Å². The maximum Gasteiger partial charge on any atom is 0.187 e. The van der Waals surface area contributed by atoms with Crippen molar-refractivity contribution in [1.82, 2.24) is 20.2 Å². The molecule has 0 atom stereocenters. The summed E-state index contributed by atoms with van der Waals surface area (Å²) in [4.78, 5) is 8.50. The smallest absolute Gasteiger partial charge is 0.187 e. The Morgan fingerprint density at radius 1 is 1.50 bits per heavy atom. The SMILES string of the molecule is CSc1nccc(-c2cn[nH]c2I)n1. The summed E-state index contributed by atoms with van der Waals surface area (Å²) in [6.45, 7) is 0. The molecular weight excluding hydrogens is 311 g/mol. The second-order valence-corrected chi connectivity index (χ2v) is 4.38. The molecule has 0 aromatic carbocycles. The molecule has 0 radical (unpaired) electrons. The Bertz CT molecular complexity index is 442. The van der Waals surface area contributed by atoms with Crippen molar-refractivity contribution >= 4 is 34.4 Å². The van der Waals surface area contributed by atoms with E-state index in [-0.39, 0.29) is 0 Å². The van der Waals surface area contributed by atoms with Gasteiger partial charge in [0.15, 0.2) is 5.16 Å². The third-order valence-corrected chi connectivity index (χ3v) is 3.07. The summed E-state index contributed by atoms with van der Waals surface area (Å²) in [7, 11) is 0. The average Bonchev–Trinajstić information content (AvgIpc) is 2.65. The first-order valence-corrected chi connectivity index (χ1v) is 6.18. The first kappa shape index (κ1) is 9.91. The molecule has 0 aliphatic carbocycles. The van der Waals surface area contributed by atoms with Gasteiger partial charge in [0.25, 0.3) is 0 Å². The number of hydrogen-bond acceptors (Lipinski definition) is 4. The van der Waals surface area contributed by atoms with E-state index in [1.807, 2.05) is 12.3 Å². The molecule has 1 N–H and O–H groups in total. The van der Waals surface area contributed by atoms with Crippen LogP contribution in [-0.4, -0.2) is 26.4 Å². The van der Waals surface area contributed by atoms with Crippen LogP contribution in [-0.2, 0) is 0 Å². The van der Waals surface area contributed by atoms with Gasteiger partial charge in [0.05, 0.1) is 17.5 Å². The van der Waals surface area contributed by atoms with E-state index in [2.05, 4.69) is 42.8 Å². The fourth-order valence-corrected chi connectivity index (χ4v) is 1.95. The van der Waals surface area contributed by atoms with Crippen LogP contribution in [0.15, 0.2) is 23.6 Å². The zero-order valence-electron chi connectivity index (χ0n) is 7.36. The minimum atomic E-state index is 0.777. The Balaban J connectivity index is 2.47. The summed E-state index contributed by atoms with van der Waals surface area (Å²) < 4.78 is 0.994. The third kappa shape index (κ3) is 1.90. The van der Waals surface area contributed by atoms with Gasteiger partial charge in [0.1, 0.15) is 3.70 Å². The highest BCUT2D eigenvalue weighted by molar-refractivity contribution is 14.1. The molecule has 4 nitrogen and oxygen atoms in total. The van der Waals surface area contributed by atoms with Gasteiger partial charge in [-0.2, -0.15) is 5.10 Å². The van der Waals surface area contributed by atoms with Gasteiger partial charge in [-0.05, 0) is 34.9 Å². The van der Waals surface area contributed by atoms with Gasteiger partial charge >= 0.3 is 0 Å². The lowest BCUT2D eigenvalue weighted by molar-refractivity contribution is 0.976. The van der Waals surface area contributed by atoms with Crippen LogP contribution in [0.3, 0.4) is 0 Å². The Kier molecular flexibility index (Phi) is 3.02. The van der Waals surface area contributed by atoms with Crippen LogP contribution >= 0.6 is 34.4 Å². The molecule has 2 aromatic rings. The molecule has 0 fully saturated rings. The number of rotatable bonds is 2.